The van der Waals surface area contributed by atoms with Crippen molar-refractivity contribution in [2.45, 2.75) is 74.8 Å². The van der Waals surface area contributed by atoms with Gasteiger partial charge in [0.1, 0.15) is 12.1 Å². The van der Waals surface area contributed by atoms with Gasteiger partial charge in [-0.3, -0.25) is 4.90 Å². The molecule has 1 saturated carbocycles. The van der Waals surface area contributed by atoms with Gasteiger partial charge in [0.2, 0.25) is 0 Å². The number of furan rings is 1. The fraction of sp³-hybridized carbons (Fsp3) is 0.647. The summed E-state index contributed by atoms with van der Waals surface area (Å²) >= 11 is 1.52. The van der Waals surface area contributed by atoms with Gasteiger partial charge in [0.25, 0.3) is 0 Å². The van der Waals surface area contributed by atoms with Crippen LogP contribution in [0.15, 0.2) is 33.1 Å². The van der Waals surface area contributed by atoms with Crippen molar-refractivity contribution in [3.63, 3.8) is 0 Å². The molecular weight excluding hydrogens is 308 g/mol. The van der Waals surface area contributed by atoms with E-state index in [4.69, 9.17) is 4.42 Å². The summed E-state index contributed by atoms with van der Waals surface area (Å²) in [7, 11) is 1.94. The molecule has 6 heteroatoms. The van der Waals surface area contributed by atoms with Gasteiger partial charge in [-0.2, -0.15) is 0 Å². The molecule has 2 aromatic heterocycles. The lowest BCUT2D eigenvalue weighted by Crippen LogP contribution is -2.39. The molecule has 0 spiro atoms. The molecule has 3 rings (SSSR count). The molecule has 2 heterocycles. The van der Waals surface area contributed by atoms with Gasteiger partial charge < -0.3 is 8.98 Å². The first-order valence-corrected chi connectivity index (χ1v) is 9.35. The number of hydrogen-bond donors (Lipinski definition) is 0. The largest absolute Gasteiger partial charge is 0.453 e. The second-order valence-electron chi connectivity index (χ2n) is 6.42. The Morgan fingerprint density at radius 2 is 2.17 bits per heavy atom. The predicted molar refractivity (Wildman–Crippen MR) is 91.4 cm³/mol. The zero-order chi connectivity index (χ0) is 16.2. The third kappa shape index (κ3) is 3.98. The highest BCUT2D eigenvalue weighted by atomic mass is 32.2. The Hall–Kier alpha value is -1.27. The van der Waals surface area contributed by atoms with Gasteiger partial charge in [-0.25, -0.2) is 0 Å². The summed E-state index contributed by atoms with van der Waals surface area (Å²) < 4.78 is 7.94. The van der Waals surface area contributed by atoms with Crippen molar-refractivity contribution in [3.8, 4) is 0 Å². The zero-order valence-electron chi connectivity index (χ0n) is 14.2. The second-order valence-corrected chi connectivity index (χ2v) is 7.39. The molecule has 1 aliphatic rings. The first-order valence-electron chi connectivity index (χ1n) is 8.53. The summed E-state index contributed by atoms with van der Waals surface area (Å²) in [6.45, 7) is 5.50. The van der Waals surface area contributed by atoms with Crippen molar-refractivity contribution in [1.29, 1.82) is 0 Å². The van der Waals surface area contributed by atoms with Crippen molar-refractivity contribution in [1.82, 2.24) is 19.7 Å². The average molecular weight is 334 g/mol. The van der Waals surface area contributed by atoms with Crippen LogP contribution in [0.2, 0.25) is 0 Å². The maximum absolute atomic E-state index is 6.04. The molecular formula is C17H26N4OS. The van der Waals surface area contributed by atoms with Crippen molar-refractivity contribution in [2.24, 2.45) is 7.05 Å². The Morgan fingerprint density at radius 1 is 1.39 bits per heavy atom. The van der Waals surface area contributed by atoms with E-state index in [1.807, 2.05) is 17.7 Å². The van der Waals surface area contributed by atoms with E-state index in [-0.39, 0.29) is 0 Å². The van der Waals surface area contributed by atoms with Crippen molar-refractivity contribution >= 4 is 11.8 Å². The van der Waals surface area contributed by atoms with Gasteiger partial charge in [-0.1, -0.05) is 19.8 Å². The second kappa shape index (κ2) is 7.53. The van der Waals surface area contributed by atoms with Gasteiger partial charge in [0.05, 0.1) is 6.54 Å². The van der Waals surface area contributed by atoms with Crippen LogP contribution in [-0.2, 0) is 13.6 Å². The number of aryl methyl sites for hydroxylation is 1. The monoisotopic (exact) mass is 334 g/mol. The van der Waals surface area contributed by atoms with Crippen LogP contribution in [0.1, 0.15) is 51.7 Å². The maximum atomic E-state index is 6.04. The predicted octanol–water partition coefficient (Wildman–Crippen LogP) is 4.10. The Labute approximate surface area is 142 Å². The van der Waals surface area contributed by atoms with E-state index in [0.29, 0.717) is 12.1 Å². The summed E-state index contributed by atoms with van der Waals surface area (Å²) in [5, 5.41) is 9.72. The molecule has 1 fully saturated rings. The summed E-state index contributed by atoms with van der Waals surface area (Å²) in [5.74, 6) is 1.04. The molecule has 0 unspecified atom stereocenters. The van der Waals surface area contributed by atoms with Gasteiger partial charge in [0, 0.05) is 19.1 Å². The van der Waals surface area contributed by atoms with E-state index in [0.717, 1.165) is 22.6 Å². The summed E-state index contributed by atoms with van der Waals surface area (Å²) in [6, 6.07) is 5.45. The topological polar surface area (TPSA) is 47.1 Å². The normalized spacial score (nSPS) is 17.2. The molecule has 0 aromatic carbocycles. The molecule has 1 aliphatic carbocycles. The molecule has 0 saturated heterocycles. The van der Waals surface area contributed by atoms with Gasteiger partial charge in [-0.15, -0.1) is 10.2 Å². The number of aromatic nitrogens is 3. The third-order valence-electron chi connectivity index (χ3n) is 4.79. The highest BCUT2D eigenvalue weighted by Crippen LogP contribution is 2.30. The molecule has 0 radical (unpaired) electrons. The Balaban J connectivity index is 1.67. The first-order chi connectivity index (χ1) is 11.2. The molecule has 0 bridgehead atoms. The molecule has 5 nitrogen and oxygen atoms in total. The number of rotatable bonds is 7. The van der Waals surface area contributed by atoms with Crippen molar-refractivity contribution in [3.05, 3.63) is 24.2 Å². The average Bonchev–Trinajstić information content (AvgIpc) is 3.28. The summed E-state index contributed by atoms with van der Waals surface area (Å²) in [5.41, 5.74) is 0. The number of hydrogen-bond acceptors (Lipinski definition) is 5. The standard InChI is InChI=1S/C17H26N4OS/c1-4-13(2)21(14-7-5-6-8-14)11-15-9-10-16(22-15)23-17-19-18-12-20(17)3/h9-10,12-14H,4-8,11H2,1-3H3/t13-/m0/s1. The minimum atomic E-state index is 0.595. The van der Waals surface area contributed by atoms with Crippen LogP contribution < -0.4 is 0 Å². The smallest absolute Gasteiger partial charge is 0.198 e. The lowest BCUT2D eigenvalue weighted by atomic mass is 10.1. The van der Waals surface area contributed by atoms with E-state index in [2.05, 4.69) is 35.0 Å². The lowest BCUT2D eigenvalue weighted by Gasteiger charge is -2.33. The Morgan fingerprint density at radius 3 is 2.83 bits per heavy atom. The van der Waals surface area contributed by atoms with Crippen LogP contribution in [0, 0.1) is 0 Å². The van der Waals surface area contributed by atoms with E-state index < -0.39 is 0 Å². The quantitative estimate of drug-likeness (QED) is 0.763. The minimum Gasteiger partial charge on any atom is -0.453 e. The van der Waals surface area contributed by atoms with Crippen LogP contribution in [0.3, 0.4) is 0 Å². The summed E-state index contributed by atoms with van der Waals surface area (Å²) in [6.07, 6.45) is 8.26. The van der Waals surface area contributed by atoms with E-state index in [1.165, 1.54) is 43.9 Å². The van der Waals surface area contributed by atoms with Gasteiger partial charge in [-0.05, 0) is 50.1 Å². The molecule has 0 N–H and O–H groups in total. The van der Waals surface area contributed by atoms with Crippen LogP contribution in [0.5, 0.6) is 0 Å². The molecule has 0 amide bonds. The van der Waals surface area contributed by atoms with Crippen LogP contribution in [-0.4, -0.2) is 31.7 Å². The Kier molecular flexibility index (Phi) is 5.43. The minimum absolute atomic E-state index is 0.595. The Bertz CT molecular complexity index is 618. The van der Waals surface area contributed by atoms with Gasteiger partial charge in [0.15, 0.2) is 10.2 Å². The van der Waals surface area contributed by atoms with E-state index >= 15 is 0 Å². The maximum Gasteiger partial charge on any atom is 0.198 e. The lowest BCUT2D eigenvalue weighted by molar-refractivity contribution is 0.120. The first kappa shape index (κ1) is 16.6. The SMILES string of the molecule is CC[C@H](C)N(Cc1ccc(Sc2nncn2C)o1)C1CCCC1. The summed E-state index contributed by atoms with van der Waals surface area (Å²) in [4.78, 5) is 2.63. The van der Waals surface area contributed by atoms with Gasteiger partial charge >= 0.3 is 0 Å². The zero-order valence-corrected chi connectivity index (χ0v) is 15.1. The highest BCUT2D eigenvalue weighted by molar-refractivity contribution is 7.99. The highest BCUT2D eigenvalue weighted by Gasteiger charge is 2.26. The third-order valence-corrected chi connectivity index (χ3v) is 5.76. The van der Waals surface area contributed by atoms with E-state index in [1.54, 1.807) is 6.33 Å². The van der Waals surface area contributed by atoms with Crippen LogP contribution in [0.25, 0.3) is 0 Å². The molecule has 2 aromatic rings. The van der Waals surface area contributed by atoms with Crippen LogP contribution >= 0.6 is 11.8 Å². The van der Waals surface area contributed by atoms with Crippen LogP contribution in [0.4, 0.5) is 0 Å². The molecule has 0 aliphatic heterocycles. The fourth-order valence-electron chi connectivity index (χ4n) is 3.25. The fourth-order valence-corrected chi connectivity index (χ4v) is 3.99. The number of nitrogens with zero attached hydrogens (tertiary/aromatic N) is 4. The molecule has 23 heavy (non-hydrogen) atoms. The van der Waals surface area contributed by atoms with E-state index in [9.17, 15) is 0 Å². The van der Waals surface area contributed by atoms with Crippen molar-refractivity contribution < 1.29 is 4.42 Å². The van der Waals surface area contributed by atoms with Crippen molar-refractivity contribution in [2.75, 3.05) is 0 Å². The molecule has 126 valence electrons. The molecule has 1 atom stereocenters.